The highest BCUT2D eigenvalue weighted by molar-refractivity contribution is 9.10. The minimum atomic E-state index is -0.0375. The Morgan fingerprint density at radius 3 is 2.87 bits per heavy atom. The summed E-state index contributed by atoms with van der Waals surface area (Å²) in [5, 5.41) is 0. The zero-order valence-corrected chi connectivity index (χ0v) is 10.1. The van der Waals surface area contributed by atoms with Gasteiger partial charge in [-0.25, -0.2) is 0 Å². The van der Waals surface area contributed by atoms with E-state index in [9.17, 15) is 4.79 Å². The van der Waals surface area contributed by atoms with E-state index in [1.165, 1.54) is 5.57 Å². The number of halogens is 1. The zero-order valence-electron chi connectivity index (χ0n) is 8.50. The molecule has 0 bridgehead atoms. The van der Waals surface area contributed by atoms with Crippen molar-refractivity contribution in [3.05, 3.63) is 34.2 Å². The van der Waals surface area contributed by atoms with Crippen molar-refractivity contribution in [1.29, 1.82) is 0 Å². The molecule has 80 valence electrons. The van der Waals surface area contributed by atoms with Crippen molar-refractivity contribution in [3.63, 3.8) is 0 Å². The third kappa shape index (κ3) is 2.31. The zero-order chi connectivity index (χ0) is 10.8. The summed E-state index contributed by atoms with van der Waals surface area (Å²) in [5.41, 5.74) is 1.35. The van der Waals surface area contributed by atoms with Crippen LogP contribution in [0.3, 0.4) is 0 Å². The molecule has 0 N–H and O–H groups in total. The summed E-state index contributed by atoms with van der Waals surface area (Å²) >= 11 is 3.18. The second-order valence-electron chi connectivity index (χ2n) is 3.66. The number of amides is 1. The second kappa shape index (κ2) is 4.23. The molecule has 0 saturated carbocycles. The smallest absolute Gasteiger partial charge is 0.289 e. The van der Waals surface area contributed by atoms with Crippen LogP contribution in [0.4, 0.5) is 0 Å². The molecule has 0 saturated heterocycles. The predicted octanol–water partition coefficient (Wildman–Crippen LogP) is 2.83. The molecular formula is C11H12BrNO2. The maximum atomic E-state index is 11.9. The second-order valence-corrected chi connectivity index (χ2v) is 4.44. The quantitative estimate of drug-likeness (QED) is 0.735. The van der Waals surface area contributed by atoms with E-state index in [1.807, 2.05) is 0 Å². The fourth-order valence-corrected chi connectivity index (χ4v) is 1.85. The Morgan fingerprint density at radius 1 is 1.53 bits per heavy atom. The first-order valence-corrected chi connectivity index (χ1v) is 5.66. The molecule has 0 radical (unpaired) electrons. The van der Waals surface area contributed by atoms with Gasteiger partial charge in [0.2, 0.25) is 0 Å². The molecule has 1 aromatic heterocycles. The number of rotatable bonds is 1. The summed E-state index contributed by atoms with van der Waals surface area (Å²) in [6.45, 7) is 3.55. The van der Waals surface area contributed by atoms with Gasteiger partial charge in [0.05, 0.1) is 0 Å². The van der Waals surface area contributed by atoms with Gasteiger partial charge in [-0.05, 0) is 41.4 Å². The third-order valence-corrected chi connectivity index (χ3v) is 2.93. The van der Waals surface area contributed by atoms with Crippen LogP contribution >= 0.6 is 15.9 Å². The van der Waals surface area contributed by atoms with Crippen molar-refractivity contribution in [3.8, 4) is 0 Å². The number of nitrogens with zero attached hydrogens (tertiary/aromatic N) is 1. The van der Waals surface area contributed by atoms with E-state index in [-0.39, 0.29) is 5.91 Å². The van der Waals surface area contributed by atoms with Gasteiger partial charge in [0.1, 0.15) is 0 Å². The van der Waals surface area contributed by atoms with Gasteiger partial charge in [0.25, 0.3) is 5.91 Å². The Kier molecular flexibility index (Phi) is 2.95. The van der Waals surface area contributed by atoms with Gasteiger partial charge in [-0.15, -0.1) is 0 Å². The van der Waals surface area contributed by atoms with E-state index in [0.29, 0.717) is 17.0 Å². The van der Waals surface area contributed by atoms with Gasteiger partial charge in [0, 0.05) is 13.1 Å². The lowest BCUT2D eigenvalue weighted by Gasteiger charge is -2.24. The Morgan fingerprint density at radius 2 is 2.33 bits per heavy atom. The standard InChI is InChI=1S/C11H12BrNO2/c1-8-4-6-13(7-5-8)11(14)9-2-3-10(12)15-9/h2-4H,5-7H2,1H3. The molecule has 0 atom stereocenters. The molecule has 1 aliphatic heterocycles. The van der Waals surface area contributed by atoms with Crippen LogP contribution in [0.15, 0.2) is 32.9 Å². The number of furan rings is 1. The highest BCUT2D eigenvalue weighted by atomic mass is 79.9. The molecule has 2 rings (SSSR count). The van der Waals surface area contributed by atoms with E-state index in [1.54, 1.807) is 17.0 Å². The SMILES string of the molecule is CC1=CCN(C(=O)c2ccc(Br)o2)CC1. The lowest BCUT2D eigenvalue weighted by atomic mass is 10.1. The van der Waals surface area contributed by atoms with Gasteiger partial charge < -0.3 is 9.32 Å². The first-order chi connectivity index (χ1) is 7.16. The van der Waals surface area contributed by atoms with Crippen LogP contribution in [0.25, 0.3) is 0 Å². The molecule has 0 unspecified atom stereocenters. The van der Waals surface area contributed by atoms with Crippen LogP contribution in [0.5, 0.6) is 0 Å². The van der Waals surface area contributed by atoms with Crippen LogP contribution in [-0.2, 0) is 0 Å². The van der Waals surface area contributed by atoms with Crippen molar-refractivity contribution in [1.82, 2.24) is 4.90 Å². The Bertz CT molecular complexity index is 408. The van der Waals surface area contributed by atoms with Gasteiger partial charge >= 0.3 is 0 Å². The Labute approximate surface area is 96.9 Å². The minimum absolute atomic E-state index is 0.0375. The maximum Gasteiger partial charge on any atom is 0.289 e. The molecule has 0 fully saturated rings. The molecule has 0 aromatic carbocycles. The molecule has 4 heteroatoms. The maximum absolute atomic E-state index is 11.9. The number of carbonyl (C=O) groups excluding carboxylic acids is 1. The van der Waals surface area contributed by atoms with E-state index in [4.69, 9.17) is 4.42 Å². The van der Waals surface area contributed by atoms with Crippen molar-refractivity contribution in [2.24, 2.45) is 0 Å². The van der Waals surface area contributed by atoms with E-state index in [0.717, 1.165) is 13.0 Å². The number of hydrogen-bond acceptors (Lipinski definition) is 2. The topological polar surface area (TPSA) is 33.5 Å². The Hall–Kier alpha value is -1.03. The predicted molar refractivity (Wildman–Crippen MR) is 60.7 cm³/mol. The lowest BCUT2D eigenvalue weighted by Crippen LogP contribution is -2.34. The fraction of sp³-hybridized carbons (Fsp3) is 0.364. The normalized spacial score (nSPS) is 16.4. The Balaban J connectivity index is 2.09. The monoisotopic (exact) mass is 269 g/mol. The first kappa shape index (κ1) is 10.5. The molecule has 15 heavy (non-hydrogen) atoms. The molecule has 0 spiro atoms. The molecule has 0 aliphatic carbocycles. The molecule has 1 amide bonds. The highest BCUT2D eigenvalue weighted by Gasteiger charge is 2.20. The van der Waals surface area contributed by atoms with Crippen molar-refractivity contribution in [2.75, 3.05) is 13.1 Å². The summed E-state index contributed by atoms with van der Waals surface area (Å²) < 4.78 is 5.82. The third-order valence-electron chi connectivity index (χ3n) is 2.51. The molecule has 3 nitrogen and oxygen atoms in total. The van der Waals surface area contributed by atoms with Gasteiger partial charge in [0.15, 0.2) is 10.4 Å². The van der Waals surface area contributed by atoms with Crippen LogP contribution in [0, 0.1) is 0 Å². The largest absolute Gasteiger partial charge is 0.444 e. The average molecular weight is 270 g/mol. The fourth-order valence-electron chi connectivity index (χ4n) is 1.54. The van der Waals surface area contributed by atoms with E-state index < -0.39 is 0 Å². The number of hydrogen-bond donors (Lipinski definition) is 0. The van der Waals surface area contributed by atoms with Crippen LogP contribution in [-0.4, -0.2) is 23.9 Å². The average Bonchev–Trinajstić information content (AvgIpc) is 2.65. The van der Waals surface area contributed by atoms with Crippen molar-refractivity contribution in [2.45, 2.75) is 13.3 Å². The molecule has 1 aromatic rings. The molecule has 2 heterocycles. The lowest BCUT2D eigenvalue weighted by molar-refractivity contribution is 0.0736. The highest BCUT2D eigenvalue weighted by Crippen LogP contribution is 2.18. The van der Waals surface area contributed by atoms with Gasteiger partial charge in [-0.1, -0.05) is 11.6 Å². The van der Waals surface area contributed by atoms with Crippen molar-refractivity contribution >= 4 is 21.8 Å². The van der Waals surface area contributed by atoms with Crippen LogP contribution in [0.2, 0.25) is 0 Å². The summed E-state index contributed by atoms with van der Waals surface area (Å²) in [7, 11) is 0. The number of carbonyl (C=O) groups is 1. The minimum Gasteiger partial charge on any atom is -0.444 e. The van der Waals surface area contributed by atoms with Crippen LogP contribution in [0.1, 0.15) is 23.9 Å². The van der Waals surface area contributed by atoms with E-state index in [2.05, 4.69) is 28.9 Å². The first-order valence-electron chi connectivity index (χ1n) is 4.87. The summed E-state index contributed by atoms with van der Waals surface area (Å²) in [5.74, 6) is 0.360. The molecular weight excluding hydrogens is 258 g/mol. The molecule has 1 aliphatic rings. The summed E-state index contributed by atoms with van der Waals surface area (Å²) in [6.07, 6.45) is 3.03. The van der Waals surface area contributed by atoms with Gasteiger partial charge in [-0.3, -0.25) is 4.79 Å². The summed E-state index contributed by atoms with van der Waals surface area (Å²) in [6, 6.07) is 3.43. The van der Waals surface area contributed by atoms with Gasteiger partial charge in [-0.2, -0.15) is 0 Å². The van der Waals surface area contributed by atoms with Crippen LogP contribution < -0.4 is 0 Å². The summed E-state index contributed by atoms with van der Waals surface area (Å²) in [4.78, 5) is 13.7. The van der Waals surface area contributed by atoms with Crippen molar-refractivity contribution < 1.29 is 9.21 Å². The van der Waals surface area contributed by atoms with E-state index >= 15 is 0 Å².